The molecule has 0 bridgehead atoms. The molecule has 1 aromatic heterocycles. The summed E-state index contributed by atoms with van der Waals surface area (Å²) in [6.07, 6.45) is 0. The van der Waals surface area contributed by atoms with E-state index in [0.29, 0.717) is 29.4 Å². The number of amides is 1. The Balaban J connectivity index is 0.00000216. The van der Waals surface area contributed by atoms with Crippen LogP contribution in [0.2, 0.25) is 5.02 Å². The first-order valence-electron chi connectivity index (χ1n) is 13.5. The first kappa shape index (κ1) is 30.8. The number of nitrogens with one attached hydrogen (secondary N) is 1. The molecule has 0 saturated heterocycles. The van der Waals surface area contributed by atoms with Gasteiger partial charge in [0.2, 0.25) is 0 Å². The Morgan fingerprint density at radius 2 is 1.70 bits per heavy atom. The number of carbonyl (C=O) groups is 2. The minimum atomic E-state index is -1.06. The van der Waals surface area contributed by atoms with E-state index in [4.69, 9.17) is 21.4 Å². The van der Waals surface area contributed by atoms with Crippen molar-refractivity contribution in [2.75, 3.05) is 6.61 Å². The van der Waals surface area contributed by atoms with E-state index in [1.165, 1.54) is 5.56 Å². The van der Waals surface area contributed by atoms with Crippen LogP contribution in [0.5, 0.6) is 5.75 Å². The molecular formula is C33H39ClN2O4. The summed E-state index contributed by atoms with van der Waals surface area (Å²) in [4.78, 5) is 23.9. The van der Waals surface area contributed by atoms with Crippen LogP contribution in [0.4, 0.5) is 0 Å². The fraction of sp³-hybridized carbons (Fsp3) is 0.333. The Morgan fingerprint density at radius 3 is 2.38 bits per heavy atom. The summed E-state index contributed by atoms with van der Waals surface area (Å²) in [6.45, 7) is 15.2. The van der Waals surface area contributed by atoms with Gasteiger partial charge in [0.15, 0.2) is 6.61 Å². The van der Waals surface area contributed by atoms with E-state index in [1.54, 1.807) is 12.1 Å². The maximum absolute atomic E-state index is 13.0. The van der Waals surface area contributed by atoms with Gasteiger partial charge in [-0.25, -0.2) is 4.79 Å². The SMILES string of the molecule is CC.Cc1c(C)n(Cc2ccc(Cl)c(OCC(=O)O)c2)c2ccc(C(=O)NCc3cccc(C(C)(C)C)c3)cc12. The molecule has 3 aromatic carbocycles. The highest BCUT2D eigenvalue weighted by Gasteiger charge is 2.16. The van der Waals surface area contributed by atoms with E-state index in [-0.39, 0.29) is 11.3 Å². The van der Waals surface area contributed by atoms with Crippen molar-refractivity contribution in [1.29, 1.82) is 0 Å². The van der Waals surface area contributed by atoms with Crippen molar-refractivity contribution in [3.05, 3.63) is 99.2 Å². The molecule has 0 aliphatic carbocycles. The van der Waals surface area contributed by atoms with Crippen molar-refractivity contribution in [3.63, 3.8) is 0 Å². The van der Waals surface area contributed by atoms with Crippen molar-refractivity contribution >= 4 is 34.4 Å². The highest BCUT2D eigenvalue weighted by atomic mass is 35.5. The lowest BCUT2D eigenvalue weighted by Crippen LogP contribution is -2.23. The molecule has 0 fully saturated rings. The van der Waals surface area contributed by atoms with Crippen molar-refractivity contribution in [3.8, 4) is 5.75 Å². The number of nitrogens with zero attached hydrogens (tertiary/aromatic N) is 1. The molecule has 0 spiro atoms. The summed E-state index contributed by atoms with van der Waals surface area (Å²) < 4.78 is 7.51. The molecule has 4 aromatic rings. The third kappa shape index (κ3) is 7.24. The molecule has 0 aliphatic heterocycles. The zero-order valence-corrected chi connectivity index (χ0v) is 25.1. The van der Waals surface area contributed by atoms with Crippen molar-refractivity contribution in [2.45, 2.75) is 67.0 Å². The van der Waals surface area contributed by atoms with Crippen molar-refractivity contribution in [2.24, 2.45) is 0 Å². The number of aromatic nitrogens is 1. The fourth-order valence-corrected chi connectivity index (χ4v) is 4.68. The summed E-state index contributed by atoms with van der Waals surface area (Å²) in [7, 11) is 0. The molecule has 40 heavy (non-hydrogen) atoms. The minimum absolute atomic E-state index is 0.0483. The van der Waals surface area contributed by atoms with Gasteiger partial charge in [-0.15, -0.1) is 0 Å². The van der Waals surface area contributed by atoms with Gasteiger partial charge in [-0.2, -0.15) is 0 Å². The van der Waals surface area contributed by atoms with Crippen LogP contribution in [0.1, 0.15) is 72.9 Å². The van der Waals surface area contributed by atoms with Crippen LogP contribution in [0.25, 0.3) is 10.9 Å². The van der Waals surface area contributed by atoms with E-state index in [9.17, 15) is 9.59 Å². The largest absolute Gasteiger partial charge is 0.480 e. The molecule has 0 aliphatic rings. The summed E-state index contributed by atoms with van der Waals surface area (Å²) in [5, 5.41) is 13.4. The number of halogens is 1. The molecule has 0 radical (unpaired) electrons. The number of rotatable bonds is 8. The standard InChI is InChI=1S/C31H33ClN2O4.C2H6/c1-19-20(2)34(17-22-9-11-26(32)28(14-22)38-18-29(35)36)27-12-10-23(15-25(19)27)30(37)33-16-21-7-6-8-24(13-21)31(3,4)5;1-2/h6-15H,16-18H2,1-5H3,(H,33,37)(H,35,36);1-2H3. The zero-order chi connectivity index (χ0) is 29.6. The smallest absolute Gasteiger partial charge is 0.341 e. The number of hydrogen-bond donors (Lipinski definition) is 2. The Labute approximate surface area is 241 Å². The number of carbonyl (C=O) groups excluding carboxylic acids is 1. The molecule has 0 unspecified atom stereocenters. The second kappa shape index (κ2) is 13.1. The molecule has 2 N–H and O–H groups in total. The molecule has 0 saturated carbocycles. The fourth-order valence-electron chi connectivity index (χ4n) is 4.51. The predicted octanol–water partition coefficient (Wildman–Crippen LogP) is 7.68. The Kier molecular flexibility index (Phi) is 10.0. The molecule has 1 heterocycles. The predicted molar refractivity (Wildman–Crippen MR) is 163 cm³/mol. The number of hydrogen-bond acceptors (Lipinski definition) is 3. The maximum Gasteiger partial charge on any atom is 0.341 e. The first-order valence-corrected chi connectivity index (χ1v) is 13.9. The van der Waals surface area contributed by atoms with Crippen LogP contribution < -0.4 is 10.1 Å². The van der Waals surface area contributed by atoms with Gasteiger partial charge in [0.1, 0.15) is 5.75 Å². The topological polar surface area (TPSA) is 80.6 Å². The van der Waals surface area contributed by atoms with Gasteiger partial charge in [-0.3, -0.25) is 4.79 Å². The van der Waals surface area contributed by atoms with Gasteiger partial charge in [-0.1, -0.05) is 76.6 Å². The third-order valence-corrected chi connectivity index (χ3v) is 7.15. The number of carboxylic acids is 1. The van der Waals surface area contributed by atoms with Gasteiger partial charge < -0.3 is 19.7 Å². The number of fused-ring (bicyclic) bond motifs is 1. The van der Waals surface area contributed by atoms with Gasteiger partial charge >= 0.3 is 5.97 Å². The van der Waals surface area contributed by atoms with Gasteiger partial charge in [0, 0.05) is 35.2 Å². The number of aliphatic carboxylic acids is 1. The van der Waals surface area contributed by atoms with Gasteiger partial charge in [-0.05, 0) is 71.8 Å². The lowest BCUT2D eigenvalue weighted by Gasteiger charge is -2.19. The quantitative estimate of drug-likeness (QED) is 0.231. The summed E-state index contributed by atoms with van der Waals surface area (Å²) >= 11 is 6.19. The lowest BCUT2D eigenvalue weighted by molar-refractivity contribution is -0.139. The molecule has 1 amide bonds. The van der Waals surface area contributed by atoms with Crippen LogP contribution in [0.3, 0.4) is 0 Å². The van der Waals surface area contributed by atoms with Gasteiger partial charge in [0.25, 0.3) is 5.91 Å². The van der Waals surface area contributed by atoms with E-state index in [1.807, 2.05) is 50.2 Å². The second-order valence-corrected chi connectivity index (χ2v) is 11.0. The molecule has 6 nitrogen and oxygen atoms in total. The minimum Gasteiger partial charge on any atom is -0.480 e. The Bertz CT molecular complexity index is 1520. The van der Waals surface area contributed by atoms with Crippen molar-refractivity contribution < 1.29 is 19.4 Å². The van der Waals surface area contributed by atoms with E-state index in [2.05, 4.69) is 56.6 Å². The molecule has 4 rings (SSSR count). The van der Waals surface area contributed by atoms with E-state index in [0.717, 1.165) is 33.3 Å². The Hall–Kier alpha value is -3.77. The highest BCUT2D eigenvalue weighted by Crippen LogP contribution is 2.30. The summed E-state index contributed by atoms with van der Waals surface area (Å²) in [5.41, 5.74) is 7.08. The van der Waals surface area contributed by atoms with E-state index < -0.39 is 12.6 Å². The van der Waals surface area contributed by atoms with Crippen LogP contribution in [0.15, 0.2) is 60.7 Å². The van der Waals surface area contributed by atoms with Crippen LogP contribution in [-0.4, -0.2) is 28.2 Å². The van der Waals surface area contributed by atoms with E-state index >= 15 is 0 Å². The Morgan fingerprint density at radius 1 is 0.975 bits per heavy atom. The molecule has 7 heteroatoms. The highest BCUT2D eigenvalue weighted by molar-refractivity contribution is 6.32. The van der Waals surface area contributed by atoms with Crippen LogP contribution in [0, 0.1) is 13.8 Å². The van der Waals surface area contributed by atoms with Crippen molar-refractivity contribution in [1.82, 2.24) is 9.88 Å². The average molecular weight is 563 g/mol. The number of aryl methyl sites for hydroxylation is 1. The second-order valence-electron chi connectivity index (χ2n) is 10.6. The van der Waals surface area contributed by atoms with Crippen LogP contribution in [-0.2, 0) is 23.3 Å². The molecule has 212 valence electrons. The monoisotopic (exact) mass is 562 g/mol. The molecule has 0 atom stereocenters. The average Bonchev–Trinajstić information content (AvgIpc) is 3.16. The third-order valence-electron chi connectivity index (χ3n) is 6.83. The number of benzene rings is 3. The number of ether oxygens (including phenoxy) is 1. The number of carboxylic acid groups (broad SMARTS) is 1. The first-order chi connectivity index (χ1) is 18.9. The molecular weight excluding hydrogens is 524 g/mol. The summed E-state index contributed by atoms with van der Waals surface area (Å²) in [5.74, 6) is -0.840. The summed E-state index contributed by atoms with van der Waals surface area (Å²) in [6, 6.07) is 19.5. The van der Waals surface area contributed by atoms with Gasteiger partial charge in [0.05, 0.1) is 5.02 Å². The maximum atomic E-state index is 13.0. The van der Waals surface area contributed by atoms with Crippen LogP contribution >= 0.6 is 11.6 Å². The normalized spacial score (nSPS) is 11.1. The zero-order valence-electron chi connectivity index (χ0n) is 24.4. The lowest BCUT2D eigenvalue weighted by atomic mass is 9.86.